The van der Waals surface area contributed by atoms with E-state index < -0.39 is 6.01 Å². The molecule has 0 fully saturated rings. The molecule has 0 radical (unpaired) electrons. The van der Waals surface area contributed by atoms with E-state index in [2.05, 4.69) is 21.5 Å². The Hall–Kier alpha value is -2.18. The molecule has 6 nitrogen and oxygen atoms in total. The number of benzene rings is 1. The molecule has 0 aliphatic rings. The molecule has 1 aromatic carbocycles. The molecule has 2 aromatic rings. The fourth-order valence-corrected chi connectivity index (χ4v) is 1.56. The van der Waals surface area contributed by atoms with Crippen molar-refractivity contribution in [2.45, 2.75) is 0 Å². The lowest BCUT2D eigenvalue weighted by atomic mass is 10.2. The van der Waals surface area contributed by atoms with Crippen LogP contribution in [0.1, 0.15) is 0 Å². The van der Waals surface area contributed by atoms with Crippen LogP contribution in [0.2, 0.25) is 5.02 Å². The smallest absolute Gasteiger partial charge is 0.319 e. The lowest BCUT2D eigenvalue weighted by molar-refractivity contribution is 0.428. The lowest BCUT2D eigenvalue weighted by Gasteiger charge is -2.14. The minimum absolute atomic E-state index is 0.164. The highest BCUT2D eigenvalue weighted by Gasteiger charge is 2.10. The highest BCUT2D eigenvalue weighted by molar-refractivity contribution is 6.30. The van der Waals surface area contributed by atoms with E-state index in [0.717, 1.165) is 0 Å². The van der Waals surface area contributed by atoms with Gasteiger partial charge in [-0.2, -0.15) is 15.0 Å². The third-order valence-corrected chi connectivity index (χ3v) is 2.55. The topological polar surface area (TPSA) is 88.2 Å². The van der Waals surface area contributed by atoms with Gasteiger partial charge in [-0.25, -0.2) is 5.84 Å². The van der Waals surface area contributed by atoms with E-state index in [1.54, 1.807) is 30.3 Å². The summed E-state index contributed by atoms with van der Waals surface area (Å²) in [4.78, 5) is 11.8. The molecule has 0 unspecified atom stereocenters. The van der Waals surface area contributed by atoms with Crippen molar-refractivity contribution in [2.24, 2.45) is 5.84 Å². The van der Waals surface area contributed by atoms with Crippen LogP contribution in [0, 0.1) is 0 Å². The maximum absolute atomic E-state index is 9.53. The van der Waals surface area contributed by atoms with Crippen LogP contribution in [-0.2, 0) is 0 Å². The van der Waals surface area contributed by atoms with E-state index in [1.165, 1.54) is 5.01 Å². The molecule has 0 saturated heterocycles. The van der Waals surface area contributed by atoms with E-state index in [0.29, 0.717) is 23.0 Å². The van der Waals surface area contributed by atoms with Gasteiger partial charge in [0.25, 0.3) is 0 Å². The van der Waals surface area contributed by atoms with Crippen molar-refractivity contribution in [3.05, 3.63) is 41.9 Å². The predicted molar refractivity (Wildman–Crippen MR) is 73.7 cm³/mol. The molecule has 0 aliphatic heterocycles. The van der Waals surface area contributed by atoms with E-state index in [9.17, 15) is 5.11 Å². The normalized spacial score (nSPS) is 10.2. The van der Waals surface area contributed by atoms with Crippen molar-refractivity contribution in [1.29, 1.82) is 0 Å². The molecule has 1 heterocycles. The van der Waals surface area contributed by atoms with Gasteiger partial charge in [-0.3, -0.25) is 5.01 Å². The molecule has 3 N–H and O–H groups in total. The third kappa shape index (κ3) is 3.18. The molecule has 2 rings (SSSR count). The van der Waals surface area contributed by atoms with Crippen LogP contribution in [0.25, 0.3) is 11.4 Å². The van der Waals surface area contributed by atoms with E-state index in [-0.39, 0.29) is 5.95 Å². The summed E-state index contributed by atoms with van der Waals surface area (Å²) in [5.41, 5.74) is 0.704. The van der Waals surface area contributed by atoms with Gasteiger partial charge < -0.3 is 5.11 Å². The molecule has 7 heteroatoms. The zero-order chi connectivity index (χ0) is 13.8. The van der Waals surface area contributed by atoms with Crippen molar-refractivity contribution in [1.82, 2.24) is 15.0 Å². The largest absolute Gasteiger partial charge is 0.479 e. The first-order valence-electron chi connectivity index (χ1n) is 5.44. The van der Waals surface area contributed by atoms with Gasteiger partial charge in [0, 0.05) is 10.6 Å². The lowest BCUT2D eigenvalue weighted by Crippen LogP contribution is -2.32. The van der Waals surface area contributed by atoms with Gasteiger partial charge in [0.2, 0.25) is 5.95 Å². The molecule has 0 saturated carbocycles. The van der Waals surface area contributed by atoms with Gasteiger partial charge in [-0.15, -0.1) is 6.58 Å². The van der Waals surface area contributed by atoms with Gasteiger partial charge in [0.15, 0.2) is 5.82 Å². The van der Waals surface area contributed by atoms with Crippen LogP contribution in [0.15, 0.2) is 36.9 Å². The Labute approximate surface area is 115 Å². The number of aromatic nitrogens is 3. The average Bonchev–Trinajstić information content (AvgIpc) is 2.39. The van der Waals surface area contributed by atoms with Crippen molar-refractivity contribution >= 4 is 17.5 Å². The molecule has 0 aliphatic carbocycles. The molecule has 0 atom stereocenters. The number of hydrogen-bond acceptors (Lipinski definition) is 6. The van der Waals surface area contributed by atoms with Crippen LogP contribution >= 0.6 is 11.6 Å². The summed E-state index contributed by atoms with van der Waals surface area (Å²) in [6.45, 7) is 3.92. The SMILES string of the molecule is C=CCN(N)c1nc(O)nc(-c2ccc(Cl)cc2)n1. The summed E-state index contributed by atoms with van der Waals surface area (Å²) in [5.74, 6) is 6.21. The summed E-state index contributed by atoms with van der Waals surface area (Å²) in [6.07, 6.45) is 1.60. The number of hydrazine groups is 1. The quantitative estimate of drug-likeness (QED) is 0.503. The second kappa shape index (κ2) is 5.64. The predicted octanol–water partition coefficient (Wildman–Crippen LogP) is 1.76. The standard InChI is InChI=1S/C12H12ClN5O/c1-2-7-18(14)11-15-10(16-12(19)17-11)8-3-5-9(13)6-4-8/h2-6H,1,7,14H2,(H,15,16,17,19). The molecule has 1 aromatic heterocycles. The first kappa shape index (κ1) is 13.3. The zero-order valence-corrected chi connectivity index (χ0v) is 10.7. The van der Waals surface area contributed by atoms with Gasteiger partial charge in [-0.05, 0) is 24.3 Å². The molecular formula is C12H12ClN5O. The summed E-state index contributed by atoms with van der Waals surface area (Å²) in [6, 6.07) is 6.52. The number of halogens is 1. The summed E-state index contributed by atoms with van der Waals surface area (Å²) in [7, 11) is 0. The van der Waals surface area contributed by atoms with Crippen molar-refractivity contribution in [3.63, 3.8) is 0 Å². The Morgan fingerprint density at radius 3 is 2.58 bits per heavy atom. The average molecular weight is 278 g/mol. The highest BCUT2D eigenvalue weighted by atomic mass is 35.5. The highest BCUT2D eigenvalue weighted by Crippen LogP contribution is 2.21. The first-order chi connectivity index (χ1) is 9.10. The first-order valence-corrected chi connectivity index (χ1v) is 5.82. The molecule has 0 spiro atoms. The Kier molecular flexibility index (Phi) is 3.94. The third-order valence-electron chi connectivity index (χ3n) is 2.30. The van der Waals surface area contributed by atoms with Gasteiger partial charge >= 0.3 is 6.01 Å². The second-order valence-corrected chi connectivity index (χ2v) is 4.14. The maximum atomic E-state index is 9.53. The number of aromatic hydroxyl groups is 1. The Balaban J connectivity index is 2.41. The van der Waals surface area contributed by atoms with Crippen molar-refractivity contribution in [2.75, 3.05) is 11.6 Å². The van der Waals surface area contributed by atoms with E-state index >= 15 is 0 Å². The fraction of sp³-hybridized carbons (Fsp3) is 0.0833. The zero-order valence-electron chi connectivity index (χ0n) is 9.99. The van der Waals surface area contributed by atoms with Gasteiger partial charge in [0.1, 0.15) is 0 Å². The molecule has 0 amide bonds. The van der Waals surface area contributed by atoms with Crippen molar-refractivity contribution in [3.8, 4) is 17.4 Å². The maximum Gasteiger partial charge on any atom is 0.319 e. The van der Waals surface area contributed by atoms with E-state index in [1.807, 2.05) is 0 Å². The van der Waals surface area contributed by atoms with Crippen LogP contribution in [0.3, 0.4) is 0 Å². The summed E-state index contributed by atoms with van der Waals surface area (Å²) in [5, 5.41) is 11.4. The Morgan fingerprint density at radius 2 is 1.95 bits per heavy atom. The van der Waals surface area contributed by atoms with E-state index in [4.69, 9.17) is 17.4 Å². The number of hydrogen-bond donors (Lipinski definition) is 2. The van der Waals surface area contributed by atoms with Gasteiger partial charge in [-0.1, -0.05) is 17.7 Å². The number of rotatable bonds is 4. The minimum atomic E-state index is -0.394. The number of nitrogens with zero attached hydrogens (tertiary/aromatic N) is 4. The Bertz CT molecular complexity index is 587. The van der Waals surface area contributed by atoms with Gasteiger partial charge in [0.05, 0.1) is 6.54 Å². The van der Waals surface area contributed by atoms with Crippen LogP contribution < -0.4 is 10.9 Å². The van der Waals surface area contributed by atoms with Crippen molar-refractivity contribution < 1.29 is 5.11 Å². The fourth-order valence-electron chi connectivity index (χ4n) is 1.43. The van der Waals surface area contributed by atoms with Crippen LogP contribution in [0.4, 0.5) is 5.95 Å². The number of anilines is 1. The molecule has 98 valence electrons. The number of nitrogens with two attached hydrogens (primary N) is 1. The minimum Gasteiger partial charge on any atom is -0.479 e. The summed E-state index contributed by atoms with van der Waals surface area (Å²) < 4.78 is 0. The Morgan fingerprint density at radius 1 is 1.26 bits per heavy atom. The molecule has 19 heavy (non-hydrogen) atoms. The van der Waals surface area contributed by atoms with Crippen LogP contribution in [-0.4, -0.2) is 26.6 Å². The monoisotopic (exact) mass is 277 g/mol. The summed E-state index contributed by atoms with van der Waals surface area (Å²) >= 11 is 5.81. The molecular weight excluding hydrogens is 266 g/mol. The molecule has 0 bridgehead atoms. The van der Waals surface area contributed by atoms with Crippen LogP contribution in [0.5, 0.6) is 6.01 Å². The second-order valence-electron chi connectivity index (χ2n) is 3.71.